The summed E-state index contributed by atoms with van der Waals surface area (Å²) in [7, 11) is 0. The third kappa shape index (κ3) is 4.43. The molecule has 32 heavy (non-hydrogen) atoms. The van der Waals surface area contributed by atoms with Crippen molar-refractivity contribution in [2.24, 2.45) is 0 Å². The number of nitrogens with zero attached hydrogens (tertiary/aromatic N) is 2. The second-order valence-corrected chi connectivity index (χ2v) is 7.70. The molecular formula is C25H14Cl2F2N2O. The van der Waals surface area contributed by atoms with Gasteiger partial charge in [0.15, 0.2) is 11.6 Å². The van der Waals surface area contributed by atoms with Crippen LogP contribution < -0.4 is 4.74 Å². The zero-order valence-electron chi connectivity index (χ0n) is 16.4. The van der Waals surface area contributed by atoms with Gasteiger partial charge < -0.3 is 4.74 Å². The lowest BCUT2D eigenvalue weighted by molar-refractivity contribution is 0.305. The topological polar surface area (TPSA) is 45.9 Å². The zero-order chi connectivity index (χ0) is 22.7. The van der Waals surface area contributed by atoms with E-state index in [9.17, 15) is 14.0 Å². The second-order valence-electron chi connectivity index (χ2n) is 6.86. The van der Waals surface area contributed by atoms with Crippen molar-refractivity contribution in [2.75, 3.05) is 0 Å². The van der Waals surface area contributed by atoms with Gasteiger partial charge in [-0.25, -0.2) is 8.78 Å². The summed E-state index contributed by atoms with van der Waals surface area (Å²) in [4.78, 5) is 4.49. The number of ether oxygens (including phenoxy) is 1. The highest BCUT2D eigenvalue weighted by Crippen LogP contribution is 2.42. The SMILES string of the molecule is N#Cc1cnc(-c2ccccc2Cl)c(-c2ccc(Cl)cc2)c1OCc1ccc(F)c(F)c1. The van der Waals surface area contributed by atoms with Gasteiger partial charge in [0.25, 0.3) is 0 Å². The minimum atomic E-state index is -0.976. The van der Waals surface area contributed by atoms with E-state index in [4.69, 9.17) is 27.9 Å². The molecule has 0 aliphatic rings. The predicted molar refractivity (Wildman–Crippen MR) is 121 cm³/mol. The molecule has 0 atom stereocenters. The molecule has 3 nitrogen and oxygen atoms in total. The average Bonchev–Trinajstić information content (AvgIpc) is 2.80. The van der Waals surface area contributed by atoms with Crippen LogP contribution in [0, 0.1) is 23.0 Å². The summed E-state index contributed by atoms with van der Waals surface area (Å²) in [5, 5.41) is 10.7. The molecule has 0 N–H and O–H groups in total. The fourth-order valence-electron chi connectivity index (χ4n) is 3.25. The Morgan fingerprint density at radius 3 is 2.38 bits per heavy atom. The summed E-state index contributed by atoms with van der Waals surface area (Å²) in [6.45, 7) is -0.0849. The van der Waals surface area contributed by atoms with Crippen LogP contribution in [0.15, 0.2) is 72.9 Å². The average molecular weight is 467 g/mol. The van der Waals surface area contributed by atoms with Gasteiger partial charge in [-0.15, -0.1) is 0 Å². The van der Waals surface area contributed by atoms with Crippen molar-refractivity contribution in [1.29, 1.82) is 5.26 Å². The van der Waals surface area contributed by atoms with Crippen LogP contribution in [0.5, 0.6) is 5.75 Å². The summed E-state index contributed by atoms with van der Waals surface area (Å²) in [6, 6.07) is 19.8. The largest absolute Gasteiger partial charge is 0.487 e. The number of hydrogen-bond acceptors (Lipinski definition) is 3. The number of benzene rings is 3. The fraction of sp³-hybridized carbons (Fsp3) is 0.0400. The van der Waals surface area contributed by atoms with Crippen LogP contribution in [0.2, 0.25) is 10.0 Å². The fourth-order valence-corrected chi connectivity index (χ4v) is 3.60. The lowest BCUT2D eigenvalue weighted by Gasteiger charge is -2.18. The molecule has 0 fully saturated rings. The van der Waals surface area contributed by atoms with Gasteiger partial charge in [0.2, 0.25) is 0 Å². The first-order valence-electron chi connectivity index (χ1n) is 9.48. The Hall–Kier alpha value is -3.46. The number of halogens is 4. The molecule has 4 aromatic rings. The number of pyridine rings is 1. The van der Waals surface area contributed by atoms with Gasteiger partial charge in [-0.2, -0.15) is 5.26 Å². The van der Waals surface area contributed by atoms with Crippen LogP contribution in [0.4, 0.5) is 8.78 Å². The third-order valence-electron chi connectivity index (χ3n) is 4.78. The van der Waals surface area contributed by atoms with Crippen LogP contribution in [0.3, 0.4) is 0 Å². The Bertz CT molecular complexity index is 1340. The molecule has 0 spiro atoms. The minimum Gasteiger partial charge on any atom is -0.487 e. The monoisotopic (exact) mass is 466 g/mol. The maximum Gasteiger partial charge on any atom is 0.159 e. The first-order chi connectivity index (χ1) is 15.5. The Morgan fingerprint density at radius 2 is 1.69 bits per heavy atom. The van der Waals surface area contributed by atoms with Crippen LogP contribution >= 0.6 is 23.2 Å². The van der Waals surface area contributed by atoms with Crippen LogP contribution in [0.1, 0.15) is 11.1 Å². The van der Waals surface area contributed by atoms with Crippen molar-refractivity contribution < 1.29 is 13.5 Å². The molecule has 0 unspecified atom stereocenters. The summed E-state index contributed by atoms with van der Waals surface area (Å²) in [5.74, 6) is -1.67. The second kappa shape index (κ2) is 9.35. The standard InChI is InChI=1S/C25H14Cl2F2N2O/c26-18-8-6-16(7-9-18)23-24(19-3-1-2-4-20(19)27)31-13-17(12-30)25(23)32-14-15-5-10-21(28)22(29)11-15/h1-11,13H,14H2. The lowest BCUT2D eigenvalue weighted by Crippen LogP contribution is -2.03. The molecule has 1 heterocycles. The first-order valence-corrected chi connectivity index (χ1v) is 10.2. The van der Waals surface area contributed by atoms with Gasteiger partial charge in [0.1, 0.15) is 24.0 Å². The van der Waals surface area contributed by atoms with E-state index >= 15 is 0 Å². The zero-order valence-corrected chi connectivity index (χ0v) is 18.0. The maximum absolute atomic E-state index is 13.6. The van der Waals surface area contributed by atoms with E-state index in [-0.39, 0.29) is 17.9 Å². The number of aromatic nitrogens is 1. The van der Waals surface area contributed by atoms with Crippen molar-refractivity contribution in [3.05, 3.63) is 106 Å². The van der Waals surface area contributed by atoms with Gasteiger partial charge in [-0.05, 0) is 41.5 Å². The molecule has 0 amide bonds. The minimum absolute atomic E-state index is 0.0849. The maximum atomic E-state index is 13.6. The van der Waals surface area contributed by atoms with Crippen LogP contribution in [0.25, 0.3) is 22.4 Å². The van der Waals surface area contributed by atoms with E-state index in [1.807, 2.05) is 12.1 Å². The molecule has 0 aliphatic heterocycles. The highest BCUT2D eigenvalue weighted by molar-refractivity contribution is 6.33. The smallest absolute Gasteiger partial charge is 0.159 e. The van der Waals surface area contributed by atoms with E-state index in [1.54, 1.807) is 36.4 Å². The van der Waals surface area contributed by atoms with Gasteiger partial charge in [-0.1, -0.05) is 59.6 Å². The molecule has 3 aromatic carbocycles. The summed E-state index contributed by atoms with van der Waals surface area (Å²) < 4.78 is 32.9. The van der Waals surface area contributed by atoms with E-state index in [2.05, 4.69) is 11.1 Å². The molecule has 0 aliphatic carbocycles. The van der Waals surface area contributed by atoms with Crippen molar-refractivity contribution in [2.45, 2.75) is 6.61 Å². The first kappa shape index (κ1) is 21.8. The van der Waals surface area contributed by atoms with E-state index < -0.39 is 11.6 Å². The molecule has 1 aromatic heterocycles. The summed E-state index contributed by atoms with van der Waals surface area (Å²) in [6.07, 6.45) is 1.40. The number of rotatable bonds is 5. The lowest BCUT2D eigenvalue weighted by atomic mass is 9.96. The van der Waals surface area contributed by atoms with Crippen molar-refractivity contribution >= 4 is 23.2 Å². The van der Waals surface area contributed by atoms with E-state index in [0.717, 1.165) is 12.1 Å². The normalized spacial score (nSPS) is 10.6. The van der Waals surface area contributed by atoms with E-state index in [1.165, 1.54) is 12.3 Å². The van der Waals surface area contributed by atoms with Crippen molar-refractivity contribution in [3.63, 3.8) is 0 Å². The molecule has 0 saturated carbocycles. The quantitative estimate of drug-likeness (QED) is 0.306. The Balaban J connectivity index is 1.89. The molecule has 0 radical (unpaired) electrons. The van der Waals surface area contributed by atoms with Gasteiger partial charge in [0.05, 0.1) is 11.3 Å². The number of nitriles is 1. The Morgan fingerprint density at radius 1 is 0.938 bits per heavy atom. The van der Waals surface area contributed by atoms with Crippen LogP contribution in [-0.2, 0) is 6.61 Å². The predicted octanol–water partition coefficient (Wildman–Crippen LogP) is 7.45. The molecule has 0 bridgehead atoms. The molecule has 158 valence electrons. The van der Waals surface area contributed by atoms with Gasteiger partial charge in [-0.3, -0.25) is 4.98 Å². The van der Waals surface area contributed by atoms with Crippen molar-refractivity contribution in [3.8, 4) is 34.2 Å². The molecular weight excluding hydrogens is 453 g/mol. The highest BCUT2D eigenvalue weighted by atomic mass is 35.5. The Kier molecular flexibility index (Phi) is 6.36. The molecule has 0 saturated heterocycles. The van der Waals surface area contributed by atoms with Gasteiger partial charge in [0, 0.05) is 21.8 Å². The van der Waals surface area contributed by atoms with Crippen molar-refractivity contribution in [1.82, 2.24) is 4.98 Å². The van der Waals surface area contributed by atoms with Crippen LogP contribution in [-0.4, -0.2) is 4.98 Å². The number of hydrogen-bond donors (Lipinski definition) is 0. The Labute approximate surface area is 193 Å². The highest BCUT2D eigenvalue weighted by Gasteiger charge is 2.21. The van der Waals surface area contributed by atoms with Gasteiger partial charge >= 0.3 is 0 Å². The third-order valence-corrected chi connectivity index (χ3v) is 5.36. The summed E-state index contributed by atoms with van der Waals surface area (Å²) >= 11 is 12.5. The van der Waals surface area contributed by atoms with E-state index in [0.29, 0.717) is 38.0 Å². The summed E-state index contributed by atoms with van der Waals surface area (Å²) in [5.41, 5.74) is 3.00. The molecule has 7 heteroatoms. The molecule has 4 rings (SSSR count).